The van der Waals surface area contributed by atoms with E-state index in [1.54, 1.807) is 12.4 Å². The van der Waals surface area contributed by atoms with Gasteiger partial charge < -0.3 is 10.2 Å². The van der Waals surface area contributed by atoms with Gasteiger partial charge in [0.2, 0.25) is 0 Å². The largest absolute Gasteiger partial charge is 0.322 e. The zero-order valence-corrected chi connectivity index (χ0v) is 16.1. The van der Waals surface area contributed by atoms with E-state index in [1.165, 1.54) is 11.1 Å². The average molecular weight is 375 g/mol. The van der Waals surface area contributed by atoms with E-state index in [9.17, 15) is 4.79 Å². The Morgan fingerprint density at radius 1 is 0.929 bits per heavy atom. The topological polar surface area (TPSA) is 61.4 Å². The smallest absolute Gasteiger partial charge is 0.321 e. The number of aryl methyl sites for hydroxylation is 1. The Balaban J connectivity index is 1.30. The molecule has 1 saturated heterocycles. The van der Waals surface area contributed by atoms with Gasteiger partial charge in [0.1, 0.15) is 0 Å². The summed E-state index contributed by atoms with van der Waals surface area (Å²) in [6.07, 6.45) is 4.43. The summed E-state index contributed by atoms with van der Waals surface area (Å²) >= 11 is 0. The van der Waals surface area contributed by atoms with Crippen LogP contribution in [-0.2, 0) is 13.0 Å². The normalized spacial score (nSPS) is 15.0. The first kappa shape index (κ1) is 18.4. The molecule has 1 aromatic heterocycles. The molecule has 1 aliphatic heterocycles. The number of carbonyl (C=O) groups excluding carboxylic acids is 1. The Labute approximate surface area is 165 Å². The number of fused-ring (bicyclic) bond motifs is 1. The standard InChI is InChI=1S/C22H25N5O/c1-2-17-3-6-19(7-4-17)25-22(28)27-13-11-26(12-14-27)16-18-5-8-20-21(15-18)24-10-9-23-20/h3-10,15H,2,11-14,16H2,1H3,(H,25,28). The molecule has 0 spiro atoms. The van der Waals surface area contributed by atoms with Gasteiger partial charge in [0, 0.05) is 50.8 Å². The van der Waals surface area contributed by atoms with Gasteiger partial charge in [-0.25, -0.2) is 4.79 Å². The second-order valence-corrected chi connectivity index (χ2v) is 7.12. The van der Waals surface area contributed by atoms with Gasteiger partial charge in [0.25, 0.3) is 0 Å². The number of piperazine rings is 1. The van der Waals surface area contributed by atoms with Crippen molar-refractivity contribution in [3.8, 4) is 0 Å². The van der Waals surface area contributed by atoms with Crippen LogP contribution in [0.1, 0.15) is 18.1 Å². The minimum absolute atomic E-state index is 0.0233. The molecule has 0 unspecified atom stereocenters. The third kappa shape index (κ3) is 4.28. The maximum atomic E-state index is 12.5. The number of carbonyl (C=O) groups is 1. The van der Waals surface area contributed by atoms with Crippen molar-refractivity contribution in [2.45, 2.75) is 19.9 Å². The molecule has 6 heteroatoms. The van der Waals surface area contributed by atoms with Crippen LogP contribution in [0, 0.1) is 0 Å². The minimum Gasteiger partial charge on any atom is -0.322 e. The molecule has 2 aromatic carbocycles. The second-order valence-electron chi connectivity index (χ2n) is 7.12. The summed E-state index contributed by atoms with van der Waals surface area (Å²) in [6.45, 7) is 6.17. The van der Waals surface area contributed by atoms with Gasteiger partial charge in [0.05, 0.1) is 11.0 Å². The van der Waals surface area contributed by atoms with Crippen molar-refractivity contribution in [1.82, 2.24) is 19.8 Å². The van der Waals surface area contributed by atoms with Crippen molar-refractivity contribution in [2.75, 3.05) is 31.5 Å². The van der Waals surface area contributed by atoms with E-state index < -0.39 is 0 Å². The molecule has 144 valence electrons. The number of benzene rings is 2. The summed E-state index contributed by atoms with van der Waals surface area (Å²) in [5, 5.41) is 3.00. The first-order valence-corrected chi connectivity index (χ1v) is 9.78. The molecular weight excluding hydrogens is 350 g/mol. The van der Waals surface area contributed by atoms with Gasteiger partial charge in [-0.3, -0.25) is 14.9 Å². The van der Waals surface area contributed by atoms with Gasteiger partial charge >= 0.3 is 6.03 Å². The number of amides is 2. The van der Waals surface area contributed by atoms with Crippen LogP contribution < -0.4 is 5.32 Å². The average Bonchev–Trinajstić information content (AvgIpc) is 2.75. The lowest BCUT2D eigenvalue weighted by Crippen LogP contribution is -2.49. The Kier molecular flexibility index (Phi) is 5.48. The fraction of sp³-hybridized carbons (Fsp3) is 0.318. The molecule has 3 aromatic rings. The highest BCUT2D eigenvalue weighted by Crippen LogP contribution is 2.15. The molecule has 0 atom stereocenters. The second kappa shape index (κ2) is 8.35. The lowest BCUT2D eigenvalue weighted by molar-refractivity contribution is 0.143. The lowest BCUT2D eigenvalue weighted by Gasteiger charge is -2.34. The van der Waals surface area contributed by atoms with Crippen molar-refractivity contribution >= 4 is 22.8 Å². The number of rotatable bonds is 4. The van der Waals surface area contributed by atoms with Crippen LogP contribution in [0.25, 0.3) is 11.0 Å². The van der Waals surface area contributed by atoms with Crippen molar-refractivity contribution in [2.24, 2.45) is 0 Å². The number of urea groups is 1. The third-order valence-electron chi connectivity index (χ3n) is 5.21. The quantitative estimate of drug-likeness (QED) is 0.758. The minimum atomic E-state index is -0.0233. The molecule has 0 bridgehead atoms. The predicted octanol–water partition coefficient (Wildman–Crippen LogP) is 3.54. The number of anilines is 1. The van der Waals surface area contributed by atoms with E-state index in [2.05, 4.69) is 51.4 Å². The molecule has 1 aliphatic rings. The Morgan fingerprint density at radius 3 is 2.32 bits per heavy atom. The van der Waals surface area contributed by atoms with Gasteiger partial charge in [-0.1, -0.05) is 25.1 Å². The molecule has 6 nitrogen and oxygen atoms in total. The van der Waals surface area contributed by atoms with Crippen LogP contribution in [0.15, 0.2) is 54.9 Å². The van der Waals surface area contributed by atoms with Crippen LogP contribution in [0.3, 0.4) is 0 Å². The number of hydrogen-bond acceptors (Lipinski definition) is 4. The molecule has 28 heavy (non-hydrogen) atoms. The van der Waals surface area contributed by atoms with E-state index in [4.69, 9.17) is 0 Å². The van der Waals surface area contributed by atoms with Gasteiger partial charge in [-0.2, -0.15) is 0 Å². The van der Waals surface area contributed by atoms with Crippen LogP contribution in [0.4, 0.5) is 10.5 Å². The molecule has 1 fully saturated rings. The monoisotopic (exact) mass is 375 g/mol. The van der Waals surface area contributed by atoms with Crippen LogP contribution in [-0.4, -0.2) is 52.0 Å². The van der Waals surface area contributed by atoms with E-state index in [-0.39, 0.29) is 6.03 Å². The highest BCUT2D eigenvalue weighted by molar-refractivity contribution is 5.89. The summed E-state index contributed by atoms with van der Waals surface area (Å²) in [4.78, 5) is 25.5. The fourth-order valence-corrected chi connectivity index (χ4v) is 3.50. The maximum absolute atomic E-state index is 12.5. The van der Waals surface area contributed by atoms with Crippen molar-refractivity contribution < 1.29 is 4.79 Å². The molecule has 0 aliphatic carbocycles. The van der Waals surface area contributed by atoms with E-state index in [1.807, 2.05) is 23.1 Å². The molecule has 2 amide bonds. The first-order chi connectivity index (χ1) is 13.7. The van der Waals surface area contributed by atoms with Crippen molar-refractivity contribution in [1.29, 1.82) is 0 Å². The highest BCUT2D eigenvalue weighted by atomic mass is 16.2. The molecule has 0 saturated carbocycles. The number of nitrogens with one attached hydrogen (secondary N) is 1. The third-order valence-corrected chi connectivity index (χ3v) is 5.21. The Hall–Kier alpha value is -2.99. The molecule has 4 rings (SSSR count). The first-order valence-electron chi connectivity index (χ1n) is 9.78. The number of aromatic nitrogens is 2. The maximum Gasteiger partial charge on any atom is 0.321 e. The summed E-state index contributed by atoms with van der Waals surface area (Å²) in [5.41, 5.74) is 5.18. The molecule has 0 radical (unpaired) electrons. The van der Waals surface area contributed by atoms with Crippen molar-refractivity contribution in [3.63, 3.8) is 0 Å². The summed E-state index contributed by atoms with van der Waals surface area (Å²) < 4.78 is 0. The molecule has 1 N–H and O–H groups in total. The van der Waals surface area contributed by atoms with E-state index >= 15 is 0 Å². The van der Waals surface area contributed by atoms with Gasteiger partial charge in [-0.15, -0.1) is 0 Å². The highest BCUT2D eigenvalue weighted by Gasteiger charge is 2.21. The zero-order chi connectivity index (χ0) is 19.3. The van der Waals surface area contributed by atoms with Crippen LogP contribution in [0.2, 0.25) is 0 Å². The van der Waals surface area contributed by atoms with E-state index in [0.717, 1.165) is 55.9 Å². The fourth-order valence-electron chi connectivity index (χ4n) is 3.50. The van der Waals surface area contributed by atoms with E-state index in [0.29, 0.717) is 0 Å². The molecule has 2 heterocycles. The zero-order valence-electron chi connectivity index (χ0n) is 16.1. The Bertz CT molecular complexity index is 949. The van der Waals surface area contributed by atoms with Gasteiger partial charge in [-0.05, 0) is 41.8 Å². The SMILES string of the molecule is CCc1ccc(NC(=O)N2CCN(Cc3ccc4nccnc4c3)CC2)cc1. The van der Waals surface area contributed by atoms with Crippen molar-refractivity contribution in [3.05, 3.63) is 66.0 Å². The molecular formula is C22H25N5O. The predicted molar refractivity (Wildman–Crippen MR) is 111 cm³/mol. The van der Waals surface area contributed by atoms with Crippen LogP contribution >= 0.6 is 0 Å². The summed E-state index contributed by atoms with van der Waals surface area (Å²) in [6, 6.07) is 14.3. The van der Waals surface area contributed by atoms with Crippen LogP contribution in [0.5, 0.6) is 0 Å². The summed E-state index contributed by atoms with van der Waals surface area (Å²) in [7, 11) is 0. The number of hydrogen-bond donors (Lipinski definition) is 1. The number of nitrogens with zero attached hydrogens (tertiary/aromatic N) is 4. The summed E-state index contributed by atoms with van der Waals surface area (Å²) in [5.74, 6) is 0. The Morgan fingerprint density at radius 2 is 1.61 bits per heavy atom. The lowest BCUT2D eigenvalue weighted by atomic mass is 10.1. The van der Waals surface area contributed by atoms with Gasteiger partial charge in [0.15, 0.2) is 0 Å².